The number of halogens is 2. The van der Waals surface area contributed by atoms with E-state index < -0.39 is 23.9 Å². The molecule has 5 nitrogen and oxygen atoms in total. The third kappa shape index (κ3) is 2.89. The number of carboxylic acid groups (broad SMARTS) is 1. The fraction of sp³-hybridized carbons (Fsp3) is 0.200. The van der Waals surface area contributed by atoms with Gasteiger partial charge in [-0.3, -0.25) is 0 Å². The molecule has 0 aliphatic heterocycles. The van der Waals surface area contributed by atoms with Crippen molar-refractivity contribution in [3.05, 3.63) is 28.8 Å². The first kappa shape index (κ1) is 12.9. The van der Waals surface area contributed by atoms with Gasteiger partial charge in [0, 0.05) is 6.54 Å². The van der Waals surface area contributed by atoms with Crippen molar-refractivity contribution in [3.63, 3.8) is 0 Å². The average molecular weight is 242 g/mol. The maximum atomic E-state index is 12.1. The highest BCUT2D eigenvalue weighted by atomic mass is 19.3. The van der Waals surface area contributed by atoms with Crippen LogP contribution in [-0.2, 0) is 6.54 Å². The van der Waals surface area contributed by atoms with E-state index in [1.165, 1.54) is 0 Å². The summed E-state index contributed by atoms with van der Waals surface area (Å²) in [6.45, 7) is -3.23. The van der Waals surface area contributed by atoms with Crippen LogP contribution in [0.4, 0.5) is 8.78 Å². The molecular formula is C10H8F2N2O3. The Kier molecular flexibility index (Phi) is 3.96. The average Bonchev–Trinajstić information content (AvgIpc) is 2.27. The Bertz CT molecular complexity index is 483. The molecule has 0 saturated carbocycles. The first-order chi connectivity index (χ1) is 7.99. The van der Waals surface area contributed by atoms with Crippen LogP contribution >= 0.6 is 0 Å². The molecule has 1 rings (SSSR count). The van der Waals surface area contributed by atoms with Crippen molar-refractivity contribution >= 4 is 5.97 Å². The van der Waals surface area contributed by atoms with E-state index in [-0.39, 0.29) is 17.7 Å². The lowest BCUT2D eigenvalue weighted by Crippen LogP contribution is -2.10. The van der Waals surface area contributed by atoms with E-state index >= 15 is 0 Å². The Labute approximate surface area is 95.0 Å². The predicted octanol–water partition coefficient (Wildman–Crippen LogP) is 1.32. The molecule has 0 atom stereocenters. The first-order valence-corrected chi connectivity index (χ1v) is 4.44. The van der Waals surface area contributed by atoms with E-state index in [4.69, 9.17) is 16.1 Å². The molecule has 0 unspecified atom stereocenters. The van der Waals surface area contributed by atoms with Crippen molar-refractivity contribution in [2.45, 2.75) is 13.2 Å². The molecular weight excluding hydrogens is 234 g/mol. The Balaban J connectivity index is 3.36. The number of hydrogen-bond acceptors (Lipinski definition) is 4. The minimum Gasteiger partial charge on any atom is -0.478 e. The zero-order valence-corrected chi connectivity index (χ0v) is 8.48. The molecule has 90 valence electrons. The van der Waals surface area contributed by atoms with Crippen LogP contribution in [0, 0.1) is 11.3 Å². The maximum Gasteiger partial charge on any atom is 0.387 e. The van der Waals surface area contributed by atoms with E-state index in [0.29, 0.717) is 0 Å². The summed E-state index contributed by atoms with van der Waals surface area (Å²) in [7, 11) is 0. The van der Waals surface area contributed by atoms with Crippen LogP contribution < -0.4 is 10.5 Å². The van der Waals surface area contributed by atoms with Crippen LogP contribution in [0.3, 0.4) is 0 Å². The van der Waals surface area contributed by atoms with Crippen LogP contribution in [0.2, 0.25) is 0 Å². The van der Waals surface area contributed by atoms with Crippen LogP contribution in [0.15, 0.2) is 12.1 Å². The molecule has 0 fully saturated rings. The molecule has 0 saturated heterocycles. The quantitative estimate of drug-likeness (QED) is 0.829. The SMILES string of the molecule is N#Cc1cc(C(=O)O)c(OC(F)F)cc1CN. The van der Waals surface area contributed by atoms with Gasteiger partial charge in [0.2, 0.25) is 0 Å². The largest absolute Gasteiger partial charge is 0.478 e. The number of nitrogens with two attached hydrogens (primary N) is 1. The molecule has 0 aliphatic carbocycles. The fourth-order valence-corrected chi connectivity index (χ4v) is 1.26. The summed E-state index contributed by atoms with van der Waals surface area (Å²) in [6.07, 6.45) is 0. The second-order valence-electron chi connectivity index (χ2n) is 3.01. The molecule has 3 N–H and O–H groups in total. The van der Waals surface area contributed by atoms with Gasteiger partial charge in [0.05, 0.1) is 11.6 Å². The summed E-state index contributed by atoms with van der Waals surface area (Å²) >= 11 is 0. The number of carboxylic acids is 1. The van der Waals surface area contributed by atoms with Gasteiger partial charge in [0.25, 0.3) is 0 Å². The van der Waals surface area contributed by atoms with E-state index in [2.05, 4.69) is 4.74 Å². The second kappa shape index (κ2) is 5.23. The van der Waals surface area contributed by atoms with E-state index in [9.17, 15) is 13.6 Å². The second-order valence-corrected chi connectivity index (χ2v) is 3.01. The monoisotopic (exact) mass is 242 g/mol. The van der Waals surface area contributed by atoms with Gasteiger partial charge in [-0.2, -0.15) is 14.0 Å². The Hall–Kier alpha value is -2.20. The normalized spacial score (nSPS) is 10.1. The standard InChI is InChI=1S/C10H8F2N2O3/c11-10(12)17-8-2-6(4-14)5(3-13)1-7(8)9(15)16/h1-2,10H,4,14H2,(H,15,16). The molecule has 1 aromatic carbocycles. The number of nitrogens with zero attached hydrogens (tertiary/aromatic N) is 1. The van der Waals surface area contributed by atoms with Crippen LogP contribution in [0.5, 0.6) is 5.75 Å². The lowest BCUT2D eigenvalue weighted by molar-refractivity contribution is -0.0503. The zero-order valence-electron chi connectivity index (χ0n) is 8.48. The van der Waals surface area contributed by atoms with Gasteiger partial charge in [0.1, 0.15) is 11.3 Å². The van der Waals surface area contributed by atoms with Gasteiger partial charge < -0.3 is 15.6 Å². The van der Waals surface area contributed by atoms with Gasteiger partial charge >= 0.3 is 12.6 Å². The van der Waals surface area contributed by atoms with E-state index in [0.717, 1.165) is 12.1 Å². The van der Waals surface area contributed by atoms with Crippen LogP contribution in [-0.4, -0.2) is 17.7 Å². The van der Waals surface area contributed by atoms with Crippen molar-refractivity contribution < 1.29 is 23.4 Å². The van der Waals surface area contributed by atoms with Crippen molar-refractivity contribution in [2.24, 2.45) is 5.73 Å². The number of benzene rings is 1. The highest BCUT2D eigenvalue weighted by Gasteiger charge is 2.18. The first-order valence-electron chi connectivity index (χ1n) is 4.44. The molecule has 0 spiro atoms. The summed E-state index contributed by atoms with van der Waals surface area (Å²) in [6, 6.07) is 3.73. The fourth-order valence-electron chi connectivity index (χ4n) is 1.26. The Morgan fingerprint density at radius 2 is 2.24 bits per heavy atom. The van der Waals surface area contributed by atoms with Crippen molar-refractivity contribution in [3.8, 4) is 11.8 Å². The number of hydrogen-bond donors (Lipinski definition) is 2. The Morgan fingerprint density at radius 3 is 2.65 bits per heavy atom. The van der Waals surface area contributed by atoms with Crippen LogP contribution in [0.1, 0.15) is 21.5 Å². The minimum absolute atomic E-state index is 0.0199. The highest BCUT2D eigenvalue weighted by molar-refractivity contribution is 5.91. The molecule has 0 aliphatic rings. The molecule has 17 heavy (non-hydrogen) atoms. The van der Waals surface area contributed by atoms with Crippen LogP contribution in [0.25, 0.3) is 0 Å². The lowest BCUT2D eigenvalue weighted by atomic mass is 10.0. The summed E-state index contributed by atoms with van der Waals surface area (Å²) in [4.78, 5) is 10.8. The molecule has 0 heterocycles. The predicted molar refractivity (Wildman–Crippen MR) is 52.6 cm³/mol. The molecule has 1 aromatic rings. The number of carbonyl (C=O) groups is 1. The minimum atomic E-state index is -3.15. The molecule has 0 bridgehead atoms. The van der Waals surface area contributed by atoms with Gasteiger partial charge in [-0.15, -0.1) is 0 Å². The number of nitriles is 1. The zero-order chi connectivity index (χ0) is 13.0. The van der Waals surface area contributed by atoms with Crippen molar-refractivity contribution in [1.82, 2.24) is 0 Å². The topological polar surface area (TPSA) is 96.3 Å². The lowest BCUT2D eigenvalue weighted by Gasteiger charge is -2.10. The molecule has 0 amide bonds. The molecule has 0 aromatic heterocycles. The van der Waals surface area contributed by atoms with Gasteiger partial charge in [-0.1, -0.05) is 0 Å². The number of aromatic carboxylic acids is 1. The molecule has 0 radical (unpaired) electrons. The summed E-state index contributed by atoms with van der Waals surface area (Å²) < 4.78 is 28.2. The number of ether oxygens (including phenoxy) is 1. The summed E-state index contributed by atoms with van der Waals surface area (Å²) in [5.41, 5.74) is 5.07. The van der Waals surface area contributed by atoms with Crippen molar-refractivity contribution in [1.29, 1.82) is 5.26 Å². The third-order valence-corrected chi connectivity index (χ3v) is 1.99. The van der Waals surface area contributed by atoms with E-state index in [1.807, 2.05) is 0 Å². The third-order valence-electron chi connectivity index (χ3n) is 1.99. The Morgan fingerprint density at radius 1 is 1.59 bits per heavy atom. The van der Waals surface area contributed by atoms with Gasteiger partial charge in [0.15, 0.2) is 0 Å². The number of rotatable bonds is 4. The van der Waals surface area contributed by atoms with E-state index in [1.54, 1.807) is 6.07 Å². The van der Waals surface area contributed by atoms with Gasteiger partial charge in [-0.25, -0.2) is 4.79 Å². The molecule has 7 heteroatoms. The number of alkyl halides is 2. The smallest absolute Gasteiger partial charge is 0.387 e. The summed E-state index contributed by atoms with van der Waals surface area (Å²) in [5.74, 6) is -1.97. The maximum absolute atomic E-state index is 12.1. The highest BCUT2D eigenvalue weighted by Crippen LogP contribution is 2.25. The van der Waals surface area contributed by atoms with Crippen molar-refractivity contribution in [2.75, 3.05) is 0 Å². The summed E-state index contributed by atoms with van der Waals surface area (Å²) in [5, 5.41) is 17.5. The van der Waals surface area contributed by atoms with Gasteiger partial charge in [-0.05, 0) is 17.7 Å².